The lowest BCUT2D eigenvalue weighted by atomic mass is 10.1. The number of carbonyl (C=O) groups is 2. The number of hydrogen-bond acceptors (Lipinski definition) is 2. The van der Waals surface area contributed by atoms with Crippen LogP contribution in [0.2, 0.25) is 10.0 Å². The van der Waals surface area contributed by atoms with Crippen molar-refractivity contribution in [2.45, 2.75) is 0 Å². The number of benzene rings is 1. The first-order chi connectivity index (χ1) is 8.52. The number of aromatic nitrogens is 1. The minimum Gasteiger partial charge on any atom is -0.478 e. The summed E-state index contributed by atoms with van der Waals surface area (Å²) < 4.78 is 1.24. The molecule has 0 saturated heterocycles. The Morgan fingerprint density at radius 3 is 2.00 bits per heavy atom. The standard InChI is InChI=1S/C12H7Cl2NO3/c13-7-3-4-8(14)10(12(17)18)9(7)11(16)15-5-1-2-6-15/h1-6H,(H,17,18). The van der Waals surface area contributed by atoms with Crippen molar-refractivity contribution in [3.05, 3.63) is 57.8 Å². The van der Waals surface area contributed by atoms with Gasteiger partial charge in [-0.05, 0) is 24.3 Å². The number of aromatic carboxylic acids is 1. The summed E-state index contributed by atoms with van der Waals surface area (Å²) in [6.45, 7) is 0. The van der Waals surface area contributed by atoms with Gasteiger partial charge in [0.1, 0.15) is 0 Å². The third kappa shape index (κ3) is 2.12. The fraction of sp³-hybridized carbons (Fsp3) is 0. The molecular weight excluding hydrogens is 277 g/mol. The third-order valence-corrected chi connectivity index (χ3v) is 3.00. The van der Waals surface area contributed by atoms with Crippen LogP contribution >= 0.6 is 23.2 Å². The maximum Gasteiger partial charge on any atom is 0.338 e. The molecule has 1 N–H and O–H groups in total. The second kappa shape index (κ2) is 4.84. The van der Waals surface area contributed by atoms with Gasteiger partial charge in [0.05, 0.1) is 21.2 Å². The van der Waals surface area contributed by atoms with Crippen LogP contribution in [0, 0.1) is 0 Å². The van der Waals surface area contributed by atoms with Crippen LogP contribution in [0.3, 0.4) is 0 Å². The van der Waals surface area contributed by atoms with Crippen LogP contribution in [0.4, 0.5) is 0 Å². The molecule has 6 heteroatoms. The van der Waals surface area contributed by atoms with Crippen LogP contribution in [0.25, 0.3) is 0 Å². The molecule has 0 spiro atoms. The zero-order valence-electron chi connectivity index (χ0n) is 8.93. The fourth-order valence-corrected chi connectivity index (χ4v) is 2.05. The Kier molecular flexibility index (Phi) is 3.41. The Morgan fingerprint density at radius 1 is 1.00 bits per heavy atom. The van der Waals surface area contributed by atoms with Crippen LogP contribution in [0.1, 0.15) is 20.7 Å². The molecule has 92 valence electrons. The predicted molar refractivity (Wildman–Crippen MR) is 67.6 cm³/mol. The number of carboxylic acid groups (broad SMARTS) is 1. The Bertz CT molecular complexity index is 621. The highest BCUT2D eigenvalue weighted by molar-refractivity contribution is 6.38. The quantitative estimate of drug-likeness (QED) is 0.921. The minimum absolute atomic E-state index is 0.0255. The Labute approximate surface area is 112 Å². The second-order valence-corrected chi connectivity index (χ2v) is 4.29. The zero-order valence-corrected chi connectivity index (χ0v) is 10.4. The van der Waals surface area contributed by atoms with Crippen molar-refractivity contribution >= 4 is 35.1 Å². The molecule has 0 aliphatic heterocycles. The molecule has 0 amide bonds. The van der Waals surface area contributed by atoms with Crippen LogP contribution in [-0.4, -0.2) is 21.6 Å². The predicted octanol–water partition coefficient (Wildman–Crippen LogP) is 3.18. The van der Waals surface area contributed by atoms with E-state index >= 15 is 0 Å². The summed E-state index contributed by atoms with van der Waals surface area (Å²) in [4.78, 5) is 23.3. The third-order valence-electron chi connectivity index (χ3n) is 2.37. The van der Waals surface area contributed by atoms with E-state index in [1.54, 1.807) is 12.1 Å². The largest absolute Gasteiger partial charge is 0.478 e. The van der Waals surface area contributed by atoms with Crippen molar-refractivity contribution in [3.63, 3.8) is 0 Å². The lowest BCUT2D eigenvalue weighted by molar-refractivity contribution is 0.0691. The molecule has 0 aliphatic rings. The van der Waals surface area contributed by atoms with Gasteiger partial charge in [0, 0.05) is 12.4 Å². The SMILES string of the molecule is O=C(O)c1c(Cl)ccc(Cl)c1C(=O)n1cccc1. The highest BCUT2D eigenvalue weighted by Gasteiger charge is 2.23. The van der Waals surface area contributed by atoms with Gasteiger partial charge in [0.2, 0.25) is 0 Å². The summed E-state index contributed by atoms with van der Waals surface area (Å²) in [5.41, 5.74) is -0.407. The number of nitrogens with zero attached hydrogens (tertiary/aromatic N) is 1. The molecule has 4 nitrogen and oxygen atoms in total. The maximum atomic E-state index is 12.2. The molecule has 0 atom stereocenters. The summed E-state index contributed by atoms with van der Waals surface area (Å²) >= 11 is 11.7. The van der Waals surface area contributed by atoms with Crippen molar-refractivity contribution in [2.24, 2.45) is 0 Å². The Hall–Kier alpha value is -1.78. The van der Waals surface area contributed by atoms with Gasteiger partial charge < -0.3 is 5.11 Å². The molecule has 0 bridgehead atoms. The summed E-state index contributed by atoms with van der Waals surface area (Å²) in [5, 5.41) is 9.14. The van der Waals surface area contributed by atoms with Crippen molar-refractivity contribution in [1.82, 2.24) is 4.57 Å². The highest BCUT2D eigenvalue weighted by atomic mass is 35.5. The Morgan fingerprint density at radius 2 is 1.50 bits per heavy atom. The van der Waals surface area contributed by atoms with Gasteiger partial charge in [-0.2, -0.15) is 0 Å². The minimum atomic E-state index is -1.29. The fourth-order valence-electron chi connectivity index (χ4n) is 1.57. The van der Waals surface area contributed by atoms with Crippen LogP contribution in [0.15, 0.2) is 36.7 Å². The van der Waals surface area contributed by atoms with Crippen molar-refractivity contribution in [3.8, 4) is 0 Å². The zero-order chi connectivity index (χ0) is 13.3. The van der Waals surface area contributed by atoms with E-state index in [4.69, 9.17) is 28.3 Å². The average molecular weight is 284 g/mol. The van der Waals surface area contributed by atoms with E-state index in [0.717, 1.165) is 0 Å². The smallest absolute Gasteiger partial charge is 0.338 e. The molecule has 0 fully saturated rings. The first kappa shape index (κ1) is 12.7. The van der Waals surface area contributed by atoms with Crippen LogP contribution in [-0.2, 0) is 0 Å². The molecule has 0 unspecified atom stereocenters. The molecule has 2 aromatic rings. The lowest BCUT2D eigenvalue weighted by Gasteiger charge is -2.09. The van der Waals surface area contributed by atoms with Gasteiger partial charge in [-0.3, -0.25) is 9.36 Å². The normalized spacial score (nSPS) is 10.3. The first-order valence-corrected chi connectivity index (χ1v) is 5.67. The van der Waals surface area contributed by atoms with Gasteiger partial charge in [-0.25, -0.2) is 4.79 Å². The first-order valence-electron chi connectivity index (χ1n) is 4.91. The van der Waals surface area contributed by atoms with Crippen LogP contribution in [0.5, 0.6) is 0 Å². The van der Waals surface area contributed by atoms with Crippen molar-refractivity contribution in [1.29, 1.82) is 0 Å². The van der Waals surface area contributed by atoms with E-state index in [0.29, 0.717) is 0 Å². The van der Waals surface area contributed by atoms with E-state index in [2.05, 4.69) is 0 Å². The van der Waals surface area contributed by atoms with Crippen molar-refractivity contribution < 1.29 is 14.7 Å². The molecule has 1 aromatic carbocycles. The van der Waals surface area contributed by atoms with Gasteiger partial charge in [-0.1, -0.05) is 23.2 Å². The van der Waals surface area contributed by atoms with Crippen molar-refractivity contribution in [2.75, 3.05) is 0 Å². The lowest BCUT2D eigenvalue weighted by Crippen LogP contribution is -2.16. The summed E-state index contributed by atoms with van der Waals surface area (Å²) in [6, 6.07) is 6.04. The van der Waals surface area contributed by atoms with E-state index in [-0.39, 0.29) is 21.2 Å². The number of halogens is 2. The molecule has 0 saturated carbocycles. The van der Waals surface area contributed by atoms with E-state index < -0.39 is 11.9 Å². The summed E-state index contributed by atoms with van der Waals surface area (Å²) in [7, 11) is 0. The molecule has 18 heavy (non-hydrogen) atoms. The van der Waals surface area contributed by atoms with E-state index in [9.17, 15) is 9.59 Å². The van der Waals surface area contributed by atoms with E-state index in [1.807, 2.05) is 0 Å². The topological polar surface area (TPSA) is 59.3 Å². The molecular formula is C12H7Cl2NO3. The van der Waals surface area contributed by atoms with Crippen LogP contribution < -0.4 is 0 Å². The maximum absolute atomic E-state index is 12.2. The number of carbonyl (C=O) groups excluding carboxylic acids is 1. The Balaban J connectivity index is 2.67. The second-order valence-electron chi connectivity index (χ2n) is 3.48. The van der Waals surface area contributed by atoms with Gasteiger partial charge in [0.15, 0.2) is 0 Å². The van der Waals surface area contributed by atoms with Gasteiger partial charge >= 0.3 is 5.97 Å². The number of hydrogen-bond donors (Lipinski definition) is 1. The van der Waals surface area contributed by atoms with E-state index in [1.165, 1.54) is 29.1 Å². The highest BCUT2D eigenvalue weighted by Crippen LogP contribution is 2.28. The number of carboxylic acids is 1. The molecule has 2 rings (SSSR count). The summed E-state index contributed by atoms with van der Waals surface area (Å²) in [6.07, 6.45) is 3.01. The van der Waals surface area contributed by atoms with Gasteiger partial charge in [-0.15, -0.1) is 0 Å². The summed E-state index contributed by atoms with van der Waals surface area (Å²) in [5.74, 6) is -1.83. The molecule has 0 radical (unpaired) electrons. The molecule has 1 aromatic heterocycles. The number of rotatable bonds is 2. The molecule has 1 heterocycles. The monoisotopic (exact) mass is 283 g/mol. The average Bonchev–Trinajstić information content (AvgIpc) is 2.84. The van der Waals surface area contributed by atoms with Gasteiger partial charge in [0.25, 0.3) is 5.91 Å². The molecule has 0 aliphatic carbocycles.